The minimum absolute atomic E-state index is 0.707. The molecule has 11 heavy (non-hydrogen) atoms. The predicted molar refractivity (Wildman–Crippen MR) is 45.5 cm³/mol. The lowest BCUT2D eigenvalue weighted by Gasteiger charge is -2.15. The van der Waals surface area contributed by atoms with Gasteiger partial charge in [0.15, 0.2) is 5.72 Å². The average molecular weight is 158 g/mol. The molecule has 0 amide bonds. The third-order valence-electron chi connectivity index (χ3n) is 1.57. The molecule has 0 spiro atoms. The first kappa shape index (κ1) is 10.6. The van der Waals surface area contributed by atoms with Crippen LogP contribution in [0.25, 0.3) is 0 Å². The van der Waals surface area contributed by atoms with Crippen molar-refractivity contribution in [2.75, 3.05) is 7.05 Å². The normalized spacial score (nSPS) is 17.1. The van der Waals surface area contributed by atoms with Crippen molar-refractivity contribution in [2.45, 2.75) is 45.3 Å². The fourth-order valence-electron chi connectivity index (χ4n) is 0.975. The zero-order chi connectivity index (χ0) is 8.74. The topological polar surface area (TPSA) is 45.0 Å². The summed E-state index contributed by atoms with van der Waals surface area (Å²) in [7, 11) is 1.58. The van der Waals surface area contributed by atoms with Crippen molar-refractivity contribution in [1.29, 1.82) is 0 Å². The van der Waals surface area contributed by atoms with Crippen LogP contribution >= 0.6 is 0 Å². The summed E-state index contributed by atoms with van der Waals surface area (Å²) in [5.41, 5.74) is -0.941. The smallest absolute Gasteiger partial charge is 0.173 e. The quantitative estimate of drug-likeness (QED) is 0.484. The first-order chi connectivity index (χ1) is 5.12. The van der Waals surface area contributed by atoms with Gasteiger partial charge in [-0.2, -0.15) is 10.2 Å². The van der Waals surface area contributed by atoms with Crippen LogP contribution in [0, 0.1) is 0 Å². The Morgan fingerprint density at radius 1 is 1.36 bits per heavy atom. The van der Waals surface area contributed by atoms with E-state index in [1.54, 1.807) is 14.0 Å². The van der Waals surface area contributed by atoms with Gasteiger partial charge >= 0.3 is 0 Å². The summed E-state index contributed by atoms with van der Waals surface area (Å²) in [5.74, 6) is 0. The minimum Gasteiger partial charge on any atom is -0.368 e. The van der Waals surface area contributed by atoms with Gasteiger partial charge in [0.25, 0.3) is 0 Å². The molecule has 1 unspecified atom stereocenters. The van der Waals surface area contributed by atoms with Gasteiger partial charge in [0, 0.05) is 7.05 Å². The monoisotopic (exact) mass is 158 g/mol. The summed E-state index contributed by atoms with van der Waals surface area (Å²) in [5, 5.41) is 16.8. The minimum atomic E-state index is -0.941. The lowest BCUT2D eigenvalue weighted by atomic mass is 10.1. The highest BCUT2D eigenvalue weighted by Gasteiger charge is 2.17. The molecule has 0 fully saturated rings. The van der Waals surface area contributed by atoms with E-state index in [2.05, 4.69) is 17.2 Å². The molecule has 0 aliphatic carbocycles. The van der Waals surface area contributed by atoms with Crippen LogP contribution in [0.5, 0.6) is 0 Å². The molecule has 66 valence electrons. The molecule has 0 aromatic carbocycles. The lowest BCUT2D eigenvalue weighted by molar-refractivity contribution is 0.0500. The van der Waals surface area contributed by atoms with E-state index in [9.17, 15) is 5.11 Å². The van der Waals surface area contributed by atoms with Gasteiger partial charge in [0.05, 0.1) is 0 Å². The molecule has 0 bridgehead atoms. The van der Waals surface area contributed by atoms with Crippen molar-refractivity contribution in [2.24, 2.45) is 10.2 Å². The largest absolute Gasteiger partial charge is 0.368 e. The van der Waals surface area contributed by atoms with Gasteiger partial charge in [-0.15, -0.1) is 0 Å². The van der Waals surface area contributed by atoms with Gasteiger partial charge in [0.2, 0.25) is 0 Å². The molecule has 3 nitrogen and oxygen atoms in total. The molecule has 3 heteroatoms. The van der Waals surface area contributed by atoms with Crippen LogP contribution in [0.4, 0.5) is 0 Å². The van der Waals surface area contributed by atoms with Crippen molar-refractivity contribution in [3.05, 3.63) is 0 Å². The van der Waals surface area contributed by atoms with Crippen molar-refractivity contribution in [3.63, 3.8) is 0 Å². The van der Waals surface area contributed by atoms with E-state index >= 15 is 0 Å². The first-order valence-corrected chi connectivity index (χ1v) is 4.16. The van der Waals surface area contributed by atoms with Crippen LogP contribution in [0.3, 0.4) is 0 Å². The maximum atomic E-state index is 9.48. The number of hydrogen-bond acceptors (Lipinski definition) is 3. The van der Waals surface area contributed by atoms with E-state index in [4.69, 9.17) is 0 Å². The molecule has 0 aromatic heterocycles. The van der Waals surface area contributed by atoms with Crippen molar-refractivity contribution < 1.29 is 5.11 Å². The molecule has 0 aromatic rings. The molecule has 0 rings (SSSR count). The average Bonchev–Trinajstić information content (AvgIpc) is 1.87. The third-order valence-corrected chi connectivity index (χ3v) is 1.57. The van der Waals surface area contributed by atoms with E-state index in [-0.39, 0.29) is 0 Å². The predicted octanol–water partition coefficient (Wildman–Crippen LogP) is 2.36. The van der Waals surface area contributed by atoms with Crippen LogP contribution < -0.4 is 0 Å². The van der Waals surface area contributed by atoms with Crippen LogP contribution in [0.1, 0.15) is 39.5 Å². The Bertz CT molecular complexity index is 121. The molecule has 1 atom stereocenters. The van der Waals surface area contributed by atoms with Gasteiger partial charge in [-0.1, -0.05) is 19.8 Å². The Hall–Kier alpha value is -0.440. The first-order valence-electron chi connectivity index (χ1n) is 4.16. The highest BCUT2D eigenvalue weighted by Crippen LogP contribution is 2.15. The second-order valence-corrected chi connectivity index (χ2v) is 2.97. The highest BCUT2D eigenvalue weighted by atomic mass is 16.3. The Morgan fingerprint density at radius 2 is 2.00 bits per heavy atom. The van der Waals surface area contributed by atoms with Crippen LogP contribution in [-0.4, -0.2) is 17.9 Å². The molecule has 0 aliphatic heterocycles. The number of rotatable bonds is 5. The number of unbranched alkanes of at least 4 members (excludes halogenated alkanes) is 2. The fraction of sp³-hybridized carbons (Fsp3) is 1.00. The van der Waals surface area contributed by atoms with E-state index in [0.29, 0.717) is 6.42 Å². The van der Waals surface area contributed by atoms with Crippen LogP contribution in [0.2, 0.25) is 0 Å². The second-order valence-electron chi connectivity index (χ2n) is 2.97. The maximum absolute atomic E-state index is 9.48. The standard InChI is InChI=1S/C8H18N2O/c1-4-5-6-7-8(2,11)10-9-3/h11H,4-7H2,1-3H3. The maximum Gasteiger partial charge on any atom is 0.173 e. The Kier molecular flexibility index (Phi) is 5.03. The number of azo groups is 1. The van der Waals surface area contributed by atoms with E-state index in [1.165, 1.54) is 6.42 Å². The molecule has 0 saturated carbocycles. The van der Waals surface area contributed by atoms with Gasteiger partial charge in [-0.3, -0.25) is 0 Å². The summed E-state index contributed by atoms with van der Waals surface area (Å²) in [6, 6.07) is 0. The summed E-state index contributed by atoms with van der Waals surface area (Å²) in [4.78, 5) is 0. The van der Waals surface area contributed by atoms with Gasteiger partial charge in [0.1, 0.15) is 0 Å². The summed E-state index contributed by atoms with van der Waals surface area (Å²) in [6.07, 6.45) is 4.04. The molecule has 0 radical (unpaired) electrons. The SMILES string of the molecule is CCCCCC(C)(O)N=NC. The highest BCUT2D eigenvalue weighted by molar-refractivity contribution is 4.66. The summed E-state index contributed by atoms with van der Waals surface area (Å²) >= 11 is 0. The lowest BCUT2D eigenvalue weighted by Crippen LogP contribution is -2.19. The summed E-state index contributed by atoms with van der Waals surface area (Å²) in [6.45, 7) is 3.83. The van der Waals surface area contributed by atoms with Gasteiger partial charge < -0.3 is 5.11 Å². The zero-order valence-electron chi connectivity index (χ0n) is 7.67. The number of aliphatic hydroxyl groups is 1. The number of nitrogens with zero attached hydrogens (tertiary/aromatic N) is 2. The zero-order valence-corrected chi connectivity index (χ0v) is 7.67. The third kappa shape index (κ3) is 5.98. The van der Waals surface area contributed by atoms with E-state index in [1.807, 2.05) is 0 Å². The Morgan fingerprint density at radius 3 is 2.45 bits per heavy atom. The molecular weight excluding hydrogens is 140 g/mol. The van der Waals surface area contributed by atoms with Crippen molar-refractivity contribution in [3.8, 4) is 0 Å². The van der Waals surface area contributed by atoms with Crippen molar-refractivity contribution in [1.82, 2.24) is 0 Å². The van der Waals surface area contributed by atoms with Gasteiger partial charge in [-0.25, -0.2) is 0 Å². The Labute approximate surface area is 68.5 Å². The van der Waals surface area contributed by atoms with E-state index in [0.717, 1.165) is 12.8 Å². The molecular formula is C8H18N2O. The Balaban J connectivity index is 3.55. The second kappa shape index (κ2) is 5.24. The molecule has 0 aliphatic rings. The van der Waals surface area contributed by atoms with Crippen molar-refractivity contribution >= 4 is 0 Å². The fourth-order valence-corrected chi connectivity index (χ4v) is 0.975. The van der Waals surface area contributed by atoms with Crippen LogP contribution in [-0.2, 0) is 0 Å². The number of hydrogen-bond donors (Lipinski definition) is 1. The van der Waals surface area contributed by atoms with Gasteiger partial charge in [-0.05, 0) is 19.8 Å². The van der Waals surface area contributed by atoms with E-state index < -0.39 is 5.72 Å². The van der Waals surface area contributed by atoms with Crippen LogP contribution in [0.15, 0.2) is 10.2 Å². The molecule has 0 saturated heterocycles. The molecule has 0 heterocycles. The molecule has 1 N–H and O–H groups in total. The summed E-state index contributed by atoms with van der Waals surface area (Å²) < 4.78 is 0.